The van der Waals surface area contributed by atoms with E-state index in [4.69, 9.17) is 23.2 Å². The predicted octanol–water partition coefficient (Wildman–Crippen LogP) is 4.17. The van der Waals surface area contributed by atoms with Crippen LogP contribution in [0.1, 0.15) is 35.2 Å². The number of carbonyl (C=O) groups excluding carboxylic acids is 1. The van der Waals surface area contributed by atoms with Crippen molar-refractivity contribution in [1.82, 2.24) is 15.2 Å². The fourth-order valence-corrected chi connectivity index (χ4v) is 4.25. The second-order valence-electron chi connectivity index (χ2n) is 7.86. The number of aromatic nitrogens is 1. The van der Waals surface area contributed by atoms with Crippen LogP contribution in [0.3, 0.4) is 0 Å². The maximum Gasteiger partial charge on any atom is 0.263 e. The van der Waals surface area contributed by atoms with Gasteiger partial charge in [-0.05, 0) is 66.9 Å². The second-order valence-corrected chi connectivity index (χ2v) is 8.67. The number of dihydropyridines is 1. The first-order valence-electron chi connectivity index (χ1n) is 10.6. The van der Waals surface area contributed by atoms with Gasteiger partial charge in [0.25, 0.3) is 11.5 Å². The molecular formula is C24H24Cl2N4O2. The number of nitrogens with zero attached hydrogens (tertiary/aromatic N) is 2. The molecular weight excluding hydrogens is 447 g/mol. The molecule has 6 nitrogen and oxygen atoms in total. The minimum Gasteiger partial charge on any atom is -0.369 e. The molecule has 2 unspecified atom stereocenters. The number of fused-ring (bicyclic) bond motifs is 1. The molecule has 2 aromatic rings. The fraction of sp³-hybridized carbons (Fsp3) is 0.292. The molecule has 0 saturated carbocycles. The molecule has 0 fully saturated rings. The molecule has 2 aliphatic rings. The zero-order valence-corrected chi connectivity index (χ0v) is 18.9. The Morgan fingerprint density at radius 3 is 2.91 bits per heavy atom. The number of hydrogen-bond acceptors (Lipinski definition) is 4. The van der Waals surface area contributed by atoms with Crippen LogP contribution in [0.15, 0.2) is 70.2 Å². The van der Waals surface area contributed by atoms with Crippen molar-refractivity contribution in [3.63, 3.8) is 0 Å². The molecule has 4 rings (SSSR count). The Balaban J connectivity index is 1.27. The quantitative estimate of drug-likeness (QED) is 0.568. The molecule has 3 heterocycles. The summed E-state index contributed by atoms with van der Waals surface area (Å²) in [5.41, 5.74) is 1.95. The van der Waals surface area contributed by atoms with Crippen LogP contribution >= 0.6 is 23.2 Å². The number of nitrogens with one attached hydrogen (secondary N) is 2. The van der Waals surface area contributed by atoms with E-state index in [0.29, 0.717) is 29.1 Å². The number of aliphatic imine (C=N–C) groups is 1. The van der Waals surface area contributed by atoms with E-state index < -0.39 is 0 Å². The van der Waals surface area contributed by atoms with Crippen molar-refractivity contribution in [2.75, 3.05) is 6.54 Å². The zero-order valence-electron chi connectivity index (χ0n) is 17.4. The molecule has 166 valence electrons. The topological polar surface area (TPSA) is 75.5 Å². The maximum absolute atomic E-state index is 12.8. The van der Waals surface area contributed by atoms with Crippen LogP contribution < -0.4 is 16.2 Å². The number of unbranched alkanes of at least 4 members (excludes halogenated alkanes) is 1. The zero-order chi connectivity index (χ0) is 22.5. The van der Waals surface area contributed by atoms with E-state index in [2.05, 4.69) is 27.9 Å². The Labute approximate surface area is 196 Å². The van der Waals surface area contributed by atoms with E-state index in [1.54, 1.807) is 36.5 Å². The smallest absolute Gasteiger partial charge is 0.263 e. The molecule has 2 N–H and O–H groups in total. The average Bonchev–Trinajstić information content (AvgIpc) is 3.20. The molecule has 0 radical (unpaired) electrons. The summed E-state index contributed by atoms with van der Waals surface area (Å²) in [5.74, 6) is -0.0299. The van der Waals surface area contributed by atoms with Crippen molar-refractivity contribution in [1.29, 1.82) is 0 Å². The van der Waals surface area contributed by atoms with Gasteiger partial charge in [0.05, 0.1) is 16.6 Å². The molecule has 0 spiro atoms. The van der Waals surface area contributed by atoms with Crippen LogP contribution in [-0.4, -0.2) is 29.4 Å². The van der Waals surface area contributed by atoms with Crippen molar-refractivity contribution in [3.05, 3.63) is 92.0 Å². The first-order valence-corrected chi connectivity index (χ1v) is 11.3. The summed E-state index contributed by atoms with van der Waals surface area (Å²) >= 11 is 12.0. The fourth-order valence-electron chi connectivity index (χ4n) is 3.93. The van der Waals surface area contributed by atoms with Gasteiger partial charge >= 0.3 is 0 Å². The third-order valence-corrected chi connectivity index (χ3v) is 6.38. The largest absolute Gasteiger partial charge is 0.369 e. The normalized spacial score (nSPS) is 18.8. The molecule has 0 saturated heterocycles. The lowest BCUT2D eigenvalue weighted by Crippen LogP contribution is -2.33. The van der Waals surface area contributed by atoms with Crippen LogP contribution in [0.2, 0.25) is 10.0 Å². The average molecular weight is 471 g/mol. The highest BCUT2D eigenvalue weighted by Gasteiger charge is 2.27. The summed E-state index contributed by atoms with van der Waals surface area (Å²) < 4.78 is 1.49. The first kappa shape index (κ1) is 22.4. The van der Waals surface area contributed by atoms with Crippen molar-refractivity contribution in [2.24, 2.45) is 10.9 Å². The Hall–Kier alpha value is -2.83. The van der Waals surface area contributed by atoms with Gasteiger partial charge in [0.2, 0.25) is 0 Å². The van der Waals surface area contributed by atoms with E-state index in [1.165, 1.54) is 10.1 Å². The molecule has 8 heteroatoms. The highest BCUT2D eigenvalue weighted by atomic mass is 35.5. The van der Waals surface area contributed by atoms with Crippen molar-refractivity contribution in [3.8, 4) is 0 Å². The van der Waals surface area contributed by atoms with Gasteiger partial charge in [0.1, 0.15) is 11.7 Å². The number of allylic oxidation sites excluding steroid dienone is 1. The summed E-state index contributed by atoms with van der Waals surface area (Å²) in [6.45, 7) is 0.823. The van der Waals surface area contributed by atoms with E-state index in [1.807, 2.05) is 12.3 Å². The minimum atomic E-state index is -0.357. The number of benzene rings is 1. The van der Waals surface area contributed by atoms with Gasteiger partial charge in [-0.2, -0.15) is 0 Å². The monoisotopic (exact) mass is 470 g/mol. The van der Waals surface area contributed by atoms with Gasteiger partial charge in [-0.3, -0.25) is 14.6 Å². The lowest BCUT2D eigenvalue weighted by molar-refractivity contribution is 0.0951. The number of hydrogen-bond donors (Lipinski definition) is 2. The Morgan fingerprint density at radius 2 is 2.06 bits per heavy atom. The Morgan fingerprint density at radius 1 is 1.19 bits per heavy atom. The van der Waals surface area contributed by atoms with Gasteiger partial charge in [-0.25, -0.2) is 0 Å². The van der Waals surface area contributed by atoms with Crippen molar-refractivity contribution >= 4 is 35.3 Å². The van der Waals surface area contributed by atoms with Crippen LogP contribution in [0.5, 0.6) is 0 Å². The lowest BCUT2D eigenvalue weighted by atomic mass is 9.94. The summed E-state index contributed by atoms with van der Waals surface area (Å²) in [6.07, 6.45) is 12.5. The summed E-state index contributed by atoms with van der Waals surface area (Å²) in [7, 11) is 0. The van der Waals surface area contributed by atoms with Crippen LogP contribution in [0.4, 0.5) is 0 Å². The number of rotatable bonds is 8. The summed E-state index contributed by atoms with van der Waals surface area (Å²) in [4.78, 5) is 29.8. The first-order chi connectivity index (χ1) is 15.5. The second kappa shape index (κ2) is 10.2. The van der Waals surface area contributed by atoms with Gasteiger partial charge < -0.3 is 15.2 Å². The van der Waals surface area contributed by atoms with E-state index in [-0.39, 0.29) is 23.2 Å². The number of halogens is 2. The van der Waals surface area contributed by atoms with Crippen LogP contribution in [-0.2, 0) is 6.54 Å². The third kappa shape index (κ3) is 5.14. The molecule has 2 atom stereocenters. The highest BCUT2D eigenvalue weighted by molar-refractivity contribution is 6.42. The van der Waals surface area contributed by atoms with Crippen molar-refractivity contribution in [2.45, 2.75) is 32.0 Å². The number of pyridine rings is 1. The SMILES string of the molecule is O=C(NCCCCC1=CNC2N=CC=CC12)c1cccn(Cc2ccc(Cl)c(Cl)c2)c1=O. The van der Waals surface area contributed by atoms with Gasteiger partial charge in [0.15, 0.2) is 0 Å². The summed E-state index contributed by atoms with van der Waals surface area (Å²) in [6, 6.07) is 8.46. The van der Waals surface area contributed by atoms with Crippen molar-refractivity contribution < 1.29 is 4.79 Å². The van der Waals surface area contributed by atoms with Crippen LogP contribution in [0, 0.1) is 5.92 Å². The molecule has 0 bridgehead atoms. The molecule has 1 amide bonds. The van der Waals surface area contributed by atoms with E-state index in [0.717, 1.165) is 24.8 Å². The molecule has 32 heavy (non-hydrogen) atoms. The maximum atomic E-state index is 12.8. The van der Waals surface area contributed by atoms with Gasteiger partial charge in [-0.15, -0.1) is 0 Å². The third-order valence-electron chi connectivity index (χ3n) is 5.64. The van der Waals surface area contributed by atoms with Gasteiger partial charge in [-0.1, -0.05) is 35.3 Å². The molecule has 1 aromatic heterocycles. The number of amides is 1. The molecule has 0 aliphatic carbocycles. The van der Waals surface area contributed by atoms with Crippen LogP contribution in [0.25, 0.3) is 0 Å². The lowest BCUT2D eigenvalue weighted by Gasteiger charge is -2.18. The minimum absolute atomic E-state index is 0.124. The Kier molecular flexibility index (Phi) is 7.12. The van der Waals surface area contributed by atoms with E-state index in [9.17, 15) is 9.59 Å². The van der Waals surface area contributed by atoms with Gasteiger partial charge in [0, 0.05) is 24.9 Å². The Bertz CT molecular complexity index is 1150. The highest BCUT2D eigenvalue weighted by Crippen LogP contribution is 2.28. The predicted molar refractivity (Wildman–Crippen MR) is 129 cm³/mol. The number of carbonyl (C=O) groups is 1. The van der Waals surface area contributed by atoms with E-state index >= 15 is 0 Å². The summed E-state index contributed by atoms with van der Waals surface area (Å²) in [5, 5.41) is 7.04. The molecule has 2 aliphatic heterocycles. The standard InChI is InChI=1S/C24H24Cl2N4O2/c25-20-9-8-16(13-21(20)26)15-30-12-4-7-19(24(30)32)23(31)28-10-2-1-5-17-14-29-22-18(17)6-3-11-27-22/h3-4,6-9,11-14,18,22,29H,1-2,5,10,15H2,(H,28,31). The molecule has 1 aromatic carbocycles.